The van der Waals surface area contributed by atoms with Gasteiger partial charge in [-0.3, -0.25) is 9.59 Å². The lowest BCUT2D eigenvalue weighted by atomic mass is 9.67. The molecular formula is C22H34ClN3O2. The molecule has 28 heavy (non-hydrogen) atoms. The van der Waals surface area contributed by atoms with Crippen molar-refractivity contribution in [2.45, 2.75) is 64.6 Å². The summed E-state index contributed by atoms with van der Waals surface area (Å²) in [7, 11) is 1.81. The molecular weight excluding hydrogens is 374 g/mol. The third kappa shape index (κ3) is 5.26. The number of nitrogens with two attached hydrogens (primary N) is 1. The van der Waals surface area contributed by atoms with Crippen LogP contribution in [0.5, 0.6) is 0 Å². The molecule has 0 radical (unpaired) electrons. The lowest BCUT2D eigenvalue weighted by Crippen LogP contribution is -2.53. The summed E-state index contributed by atoms with van der Waals surface area (Å²) in [6, 6.07) is 8.16. The molecule has 156 valence electrons. The lowest BCUT2D eigenvalue weighted by molar-refractivity contribution is -0.133. The Kier molecular flexibility index (Phi) is 7.90. The molecule has 1 aromatic rings. The number of amides is 2. The molecule has 2 aliphatic rings. The zero-order valence-electron chi connectivity index (χ0n) is 17.2. The van der Waals surface area contributed by atoms with E-state index in [1.54, 1.807) is 4.90 Å². The molecule has 0 heterocycles. The average molecular weight is 408 g/mol. The molecule has 5 nitrogen and oxygen atoms in total. The van der Waals surface area contributed by atoms with Crippen LogP contribution < -0.4 is 11.1 Å². The minimum absolute atomic E-state index is 0. The average Bonchev–Trinajstić information content (AvgIpc) is 2.62. The second-order valence-corrected chi connectivity index (χ2v) is 8.73. The summed E-state index contributed by atoms with van der Waals surface area (Å²) in [5.74, 6) is 1.16. The van der Waals surface area contributed by atoms with Crippen molar-refractivity contribution in [2.75, 3.05) is 7.05 Å². The van der Waals surface area contributed by atoms with E-state index in [-0.39, 0.29) is 36.2 Å². The summed E-state index contributed by atoms with van der Waals surface area (Å²) >= 11 is 0. The van der Waals surface area contributed by atoms with E-state index in [0.717, 1.165) is 18.4 Å². The predicted octanol–water partition coefficient (Wildman–Crippen LogP) is 3.36. The van der Waals surface area contributed by atoms with E-state index >= 15 is 0 Å². The van der Waals surface area contributed by atoms with Crippen molar-refractivity contribution in [2.24, 2.45) is 23.5 Å². The molecule has 3 rings (SSSR count). The first-order chi connectivity index (χ1) is 12.8. The summed E-state index contributed by atoms with van der Waals surface area (Å²) in [4.78, 5) is 26.5. The van der Waals surface area contributed by atoms with Crippen LogP contribution in [0, 0.1) is 17.8 Å². The first-order valence-electron chi connectivity index (χ1n) is 10.3. The number of halogens is 1. The highest BCUT2D eigenvalue weighted by atomic mass is 35.5. The van der Waals surface area contributed by atoms with Gasteiger partial charge in [0.15, 0.2) is 0 Å². The fourth-order valence-corrected chi connectivity index (χ4v) is 4.81. The topological polar surface area (TPSA) is 75.4 Å². The van der Waals surface area contributed by atoms with Gasteiger partial charge in [0.2, 0.25) is 5.91 Å². The van der Waals surface area contributed by atoms with Crippen LogP contribution in [0.1, 0.15) is 61.9 Å². The molecule has 0 aromatic heterocycles. The van der Waals surface area contributed by atoms with Crippen molar-refractivity contribution < 1.29 is 9.59 Å². The number of nitrogens with one attached hydrogen (secondary N) is 1. The Hall–Kier alpha value is -1.59. The van der Waals surface area contributed by atoms with Gasteiger partial charge in [0.1, 0.15) is 0 Å². The van der Waals surface area contributed by atoms with Crippen LogP contribution in [0.4, 0.5) is 0 Å². The van der Waals surface area contributed by atoms with Gasteiger partial charge in [0.25, 0.3) is 5.91 Å². The predicted molar refractivity (Wildman–Crippen MR) is 114 cm³/mol. The SMILES string of the molecule is CC(C)C(=O)N(C)Cc1ccc(C(=O)NC2C3CCCC2CC(N)C3)cc1.Cl. The third-order valence-corrected chi connectivity index (χ3v) is 6.18. The number of carbonyl (C=O) groups excluding carboxylic acids is 2. The number of fused-ring (bicyclic) bond motifs is 2. The van der Waals surface area contributed by atoms with Gasteiger partial charge >= 0.3 is 0 Å². The van der Waals surface area contributed by atoms with E-state index in [4.69, 9.17) is 5.73 Å². The minimum Gasteiger partial charge on any atom is -0.349 e. The maximum atomic E-state index is 12.7. The highest BCUT2D eigenvalue weighted by molar-refractivity contribution is 5.94. The van der Waals surface area contributed by atoms with Crippen molar-refractivity contribution in [1.29, 1.82) is 0 Å². The largest absolute Gasteiger partial charge is 0.349 e. The van der Waals surface area contributed by atoms with Crippen LogP contribution >= 0.6 is 12.4 Å². The van der Waals surface area contributed by atoms with Crippen LogP contribution in [-0.4, -0.2) is 35.8 Å². The van der Waals surface area contributed by atoms with E-state index in [1.807, 2.05) is 45.2 Å². The Morgan fingerprint density at radius 3 is 2.25 bits per heavy atom. The van der Waals surface area contributed by atoms with Crippen LogP contribution in [-0.2, 0) is 11.3 Å². The zero-order chi connectivity index (χ0) is 19.6. The molecule has 2 amide bonds. The number of hydrogen-bond acceptors (Lipinski definition) is 3. The Bertz CT molecular complexity index is 663. The molecule has 3 N–H and O–H groups in total. The fraction of sp³-hybridized carbons (Fsp3) is 0.636. The molecule has 2 atom stereocenters. The second-order valence-electron chi connectivity index (χ2n) is 8.73. The van der Waals surface area contributed by atoms with Gasteiger partial charge in [-0.05, 0) is 55.2 Å². The van der Waals surface area contributed by atoms with Crippen LogP contribution in [0.2, 0.25) is 0 Å². The normalized spacial score (nSPS) is 26.3. The van der Waals surface area contributed by atoms with Gasteiger partial charge in [-0.2, -0.15) is 0 Å². The molecule has 0 saturated heterocycles. The Labute approximate surface area is 174 Å². The first kappa shape index (κ1) is 22.7. The number of hydrogen-bond donors (Lipinski definition) is 2. The third-order valence-electron chi connectivity index (χ3n) is 6.18. The Morgan fingerprint density at radius 1 is 1.14 bits per heavy atom. The molecule has 0 aliphatic heterocycles. The summed E-state index contributed by atoms with van der Waals surface area (Å²) in [5.41, 5.74) is 7.90. The summed E-state index contributed by atoms with van der Waals surface area (Å²) in [5, 5.41) is 3.29. The molecule has 0 spiro atoms. The maximum absolute atomic E-state index is 12.7. The van der Waals surface area contributed by atoms with Crippen LogP contribution in [0.15, 0.2) is 24.3 Å². The molecule has 2 unspecified atom stereocenters. The molecule has 2 saturated carbocycles. The van der Waals surface area contributed by atoms with E-state index in [2.05, 4.69) is 5.32 Å². The highest BCUT2D eigenvalue weighted by Crippen LogP contribution is 2.39. The molecule has 1 aromatic carbocycles. The molecule has 2 bridgehead atoms. The monoisotopic (exact) mass is 407 g/mol. The van der Waals surface area contributed by atoms with Gasteiger partial charge in [0, 0.05) is 37.2 Å². The maximum Gasteiger partial charge on any atom is 0.251 e. The Balaban J connectivity index is 0.00000280. The van der Waals surface area contributed by atoms with Crippen LogP contribution in [0.3, 0.4) is 0 Å². The summed E-state index contributed by atoms with van der Waals surface area (Å²) < 4.78 is 0. The summed E-state index contributed by atoms with van der Waals surface area (Å²) in [6.07, 6.45) is 5.65. The summed E-state index contributed by atoms with van der Waals surface area (Å²) in [6.45, 7) is 4.36. The first-order valence-corrected chi connectivity index (χ1v) is 10.3. The standard InChI is InChI=1S/C22H33N3O2.ClH/c1-14(2)22(27)25(3)13-15-7-9-16(10-8-15)21(26)24-20-17-5-4-6-18(20)12-19(23)11-17;/h7-10,14,17-20H,4-6,11-13,23H2,1-3H3,(H,24,26);1H. The fourth-order valence-electron chi connectivity index (χ4n) is 4.81. The van der Waals surface area contributed by atoms with E-state index < -0.39 is 0 Å². The van der Waals surface area contributed by atoms with E-state index in [0.29, 0.717) is 30.0 Å². The number of rotatable bonds is 5. The number of carbonyl (C=O) groups is 2. The molecule has 6 heteroatoms. The Morgan fingerprint density at radius 2 is 1.71 bits per heavy atom. The van der Waals surface area contributed by atoms with Crippen molar-refractivity contribution >= 4 is 24.2 Å². The highest BCUT2D eigenvalue weighted by Gasteiger charge is 2.39. The number of nitrogens with zero attached hydrogens (tertiary/aromatic N) is 1. The van der Waals surface area contributed by atoms with Gasteiger partial charge < -0.3 is 16.0 Å². The number of benzene rings is 1. The van der Waals surface area contributed by atoms with Gasteiger partial charge in [0.05, 0.1) is 0 Å². The molecule has 2 aliphatic carbocycles. The minimum atomic E-state index is -0.0110. The second kappa shape index (κ2) is 9.75. The van der Waals surface area contributed by atoms with Gasteiger partial charge in [-0.1, -0.05) is 32.4 Å². The van der Waals surface area contributed by atoms with Crippen LogP contribution in [0.25, 0.3) is 0 Å². The lowest BCUT2D eigenvalue weighted by Gasteiger charge is -2.45. The van der Waals surface area contributed by atoms with Crippen molar-refractivity contribution in [3.05, 3.63) is 35.4 Å². The van der Waals surface area contributed by atoms with E-state index in [1.165, 1.54) is 19.3 Å². The van der Waals surface area contributed by atoms with Gasteiger partial charge in [-0.15, -0.1) is 12.4 Å². The van der Waals surface area contributed by atoms with E-state index in [9.17, 15) is 9.59 Å². The zero-order valence-corrected chi connectivity index (χ0v) is 18.0. The van der Waals surface area contributed by atoms with Gasteiger partial charge in [-0.25, -0.2) is 0 Å². The molecule has 2 fully saturated rings. The van der Waals surface area contributed by atoms with Crippen molar-refractivity contribution in [3.63, 3.8) is 0 Å². The van der Waals surface area contributed by atoms with Crippen molar-refractivity contribution in [3.8, 4) is 0 Å². The van der Waals surface area contributed by atoms with Crippen molar-refractivity contribution in [1.82, 2.24) is 10.2 Å². The smallest absolute Gasteiger partial charge is 0.251 e. The quantitative estimate of drug-likeness (QED) is 0.785.